The Morgan fingerprint density at radius 2 is 2.19 bits per heavy atom. The average Bonchev–Trinajstić information content (AvgIpc) is 2.98. The summed E-state index contributed by atoms with van der Waals surface area (Å²) >= 11 is 1.43. The molecule has 1 aliphatic rings. The predicted octanol–water partition coefficient (Wildman–Crippen LogP) is 3.29. The lowest BCUT2D eigenvalue weighted by Gasteiger charge is -2.19. The van der Waals surface area contributed by atoms with Crippen LogP contribution in [0.3, 0.4) is 0 Å². The van der Waals surface area contributed by atoms with Crippen LogP contribution >= 0.6 is 11.3 Å². The minimum absolute atomic E-state index is 0.138. The number of amides is 1. The molecule has 1 atom stereocenters. The largest absolute Gasteiger partial charge is 0.322 e. The second kappa shape index (κ2) is 5.95. The number of nitrogens with one attached hydrogen (secondary N) is 1. The monoisotopic (exact) mass is 301 g/mol. The van der Waals surface area contributed by atoms with Gasteiger partial charge in [-0.15, -0.1) is 11.3 Å². The summed E-state index contributed by atoms with van der Waals surface area (Å²) in [6.45, 7) is 1.87. The Bertz CT molecular complexity index is 663. The van der Waals surface area contributed by atoms with E-state index in [1.807, 2.05) is 19.1 Å². The van der Waals surface area contributed by atoms with E-state index in [0.29, 0.717) is 5.69 Å². The fourth-order valence-electron chi connectivity index (χ4n) is 2.69. The summed E-state index contributed by atoms with van der Waals surface area (Å²) in [5.74, 6) is -0.155. The Kier molecular flexibility index (Phi) is 4.03. The van der Waals surface area contributed by atoms with E-state index in [2.05, 4.69) is 16.4 Å². The molecule has 0 bridgehead atoms. The minimum atomic E-state index is -0.155. The number of hydrogen-bond donors (Lipinski definition) is 2. The Balaban J connectivity index is 1.81. The molecular weight excluding hydrogens is 282 g/mol. The molecule has 110 valence electrons. The molecule has 2 aromatic rings. The van der Waals surface area contributed by atoms with Crippen molar-refractivity contribution in [2.45, 2.75) is 38.6 Å². The number of anilines is 1. The fraction of sp³-hybridized carbons (Fsp3) is 0.375. The second-order valence-corrected chi connectivity index (χ2v) is 6.35. The molecular formula is C16H19N3OS. The first-order chi connectivity index (χ1) is 10.1. The van der Waals surface area contributed by atoms with Crippen molar-refractivity contribution in [2.24, 2.45) is 5.73 Å². The lowest BCUT2D eigenvalue weighted by molar-refractivity contribution is 0.102. The standard InChI is InChI=1S/C16H19N3OS/c1-10(17)16-19-14(9-21-16)15(20)18-13-8-4-6-11-5-2-3-7-12(11)13/h4,6,8-10H,2-3,5,7,17H2,1H3,(H,18,20). The van der Waals surface area contributed by atoms with Crippen molar-refractivity contribution in [3.8, 4) is 0 Å². The number of hydrogen-bond acceptors (Lipinski definition) is 4. The number of aryl methyl sites for hydroxylation is 1. The third-order valence-electron chi connectivity index (χ3n) is 3.79. The van der Waals surface area contributed by atoms with E-state index in [1.165, 1.54) is 35.3 Å². The zero-order valence-electron chi connectivity index (χ0n) is 12.1. The smallest absolute Gasteiger partial charge is 0.275 e. The molecule has 1 amide bonds. The van der Waals surface area contributed by atoms with Crippen molar-refractivity contribution >= 4 is 22.9 Å². The fourth-order valence-corrected chi connectivity index (χ4v) is 3.44. The predicted molar refractivity (Wildman–Crippen MR) is 85.8 cm³/mol. The molecule has 5 heteroatoms. The topological polar surface area (TPSA) is 68.0 Å². The third kappa shape index (κ3) is 2.99. The molecule has 1 unspecified atom stereocenters. The van der Waals surface area contributed by atoms with Crippen molar-refractivity contribution < 1.29 is 4.79 Å². The SMILES string of the molecule is CC(N)c1nc(C(=O)Nc2cccc3c2CCCC3)cs1. The van der Waals surface area contributed by atoms with Crippen LogP contribution in [-0.4, -0.2) is 10.9 Å². The summed E-state index contributed by atoms with van der Waals surface area (Å²) in [5, 5.41) is 5.56. The number of carbonyl (C=O) groups is 1. The Morgan fingerprint density at radius 1 is 1.38 bits per heavy atom. The highest BCUT2D eigenvalue weighted by Gasteiger charge is 2.17. The Labute approximate surface area is 128 Å². The van der Waals surface area contributed by atoms with Gasteiger partial charge in [0.15, 0.2) is 0 Å². The van der Waals surface area contributed by atoms with Gasteiger partial charge in [0.2, 0.25) is 0 Å². The molecule has 0 spiro atoms. The normalized spacial score (nSPS) is 15.3. The zero-order chi connectivity index (χ0) is 14.8. The van der Waals surface area contributed by atoms with Crippen LogP contribution in [0.25, 0.3) is 0 Å². The molecule has 21 heavy (non-hydrogen) atoms. The van der Waals surface area contributed by atoms with E-state index >= 15 is 0 Å². The van der Waals surface area contributed by atoms with Gasteiger partial charge in [-0.3, -0.25) is 4.79 Å². The quantitative estimate of drug-likeness (QED) is 0.914. The highest BCUT2D eigenvalue weighted by Crippen LogP contribution is 2.28. The van der Waals surface area contributed by atoms with E-state index in [4.69, 9.17) is 5.73 Å². The van der Waals surface area contributed by atoms with Gasteiger partial charge in [-0.1, -0.05) is 12.1 Å². The van der Waals surface area contributed by atoms with E-state index < -0.39 is 0 Å². The van der Waals surface area contributed by atoms with E-state index in [0.717, 1.165) is 23.5 Å². The Hall–Kier alpha value is -1.72. The van der Waals surface area contributed by atoms with E-state index in [9.17, 15) is 4.79 Å². The third-order valence-corrected chi connectivity index (χ3v) is 4.83. The lowest BCUT2D eigenvalue weighted by Crippen LogP contribution is -2.16. The van der Waals surface area contributed by atoms with Crippen LogP contribution in [0.5, 0.6) is 0 Å². The van der Waals surface area contributed by atoms with Gasteiger partial charge in [-0.05, 0) is 49.8 Å². The lowest BCUT2D eigenvalue weighted by atomic mass is 9.90. The number of nitrogens with zero attached hydrogens (tertiary/aromatic N) is 1. The van der Waals surface area contributed by atoms with Crippen LogP contribution in [0.1, 0.15) is 52.4 Å². The van der Waals surface area contributed by atoms with E-state index in [1.54, 1.807) is 5.38 Å². The first-order valence-corrected chi connectivity index (χ1v) is 8.16. The highest BCUT2D eigenvalue weighted by atomic mass is 32.1. The van der Waals surface area contributed by atoms with Crippen LogP contribution in [0, 0.1) is 0 Å². The Morgan fingerprint density at radius 3 is 2.95 bits per heavy atom. The van der Waals surface area contributed by atoms with Gasteiger partial charge in [-0.2, -0.15) is 0 Å². The molecule has 0 radical (unpaired) electrons. The maximum absolute atomic E-state index is 12.3. The molecule has 0 saturated carbocycles. The van der Waals surface area contributed by atoms with Crippen molar-refractivity contribution in [3.63, 3.8) is 0 Å². The highest BCUT2D eigenvalue weighted by molar-refractivity contribution is 7.09. The maximum atomic E-state index is 12.3. The summed E-state index contributed by atoms with van der Waals surface area (Å²) in [5.41, 5.74) is 9.79. The van der Waals surface area contributed by atoms with E-state index in [-0.39, 0.29) is 11.9 Å². The molecule has 0 fully saturated rings. The van der Waals surface area contributed by atoms with Crippen LogP contribution in [0.15, 0.2) is 23.6 Å². The molecule has 0 saturated heterocycles. The molecule has 0 aliphatic heterocycles. The molecule has 3 rings (SSSR count). The van der Waals surface area contributed by atoms with Gasteiger partial charge in [-0.25, -0.2) is 4.98 Å². The van der Waals surface area contributed by atoms with Gasteiger partial charge in [0.05, 0.1) is 6.04 Å². The van der Waals surface area contributed by atoms with Gasteiger partial charge in [0, 0.05) is 11.1 Å². The first kappa shape index (κ1) is 14.2. The summed E-state index contributed by atoms with van der Waals surface area (Å²) in [7, 11) is 0. The van der Waals surface area contributed by atoms with Crippen LogP contribution in [0.4, 0.5) is 5.69 Å². The van der Waals surface area contributed by atoms with Crippen LogP contribution in [0.2, 0.25) is 0 Å². The molecule has 1 aromatic carbocycles. The average molecular weight is 301 g/mol. The van der Waals surface area contributed by atoms with Crippen molar-refractivity contribution in [1.82, 2.24) is 4.98 Å². The number of carbonyl (C=O) groups excluding carboxylic acids is 1. The number of aromatic nitrogens is 1. The van der Waals surface area contributed by atoms with Gasteiger partial charge in [0.25, 0.3) is 5.91 Å². The van der Waals surface area contributed by atoms with Gasteiger partial charge in [0.1, 0.15) is 10.7 Å². The number of rotatable bonds is 3. The molecule has 1 aliphatic carbocycles. The molecule has 4 nitrogen and oxygen atoms in total. The second-order valence-electron chi connectivity index (χ2n) is 5.46. The summed E-state index contributed by atoms with van der Waals surface area (Å²) in [6, 6.07) is 6.00. The molecule has 1 aromatic heterocycles. The number of fused-ring (bicyclic) bond motifs is 1. The minimum Gasteiger partial charge on any atom is -0.322 e. The van der Waals surface area contributed by atoms with Crippen molar-refractivity contribution in [3.05, 3.63) is 45.4 Å². The summed E-state index contributed by atoms with van der Waals surface area (Å²) < 4.78 is 0. The molecule has 3 N–H and O–H groups in total. The summed E-state index contributed by atoms with van der Waals surface area (Å²) in [6.07, 6.45) is 4.55. The molecule has 1 heterocycles. The van der Waals surface area contributed by atoms with Crippen molar-refractivity contribution in [2.75, 3.05) is 5.32 Å². The van der Waals surface area contributed by atoms with Crippen LogP contribution in [-0.2, 0) is 12.8 Å². The van der Waals surface area contributed by atoms with Crippen molar-refractivity contribution in [1.29, 1.82) is 0 Å². The number of thiazole rings is 1. The number of nitrogens with two attached hydrogens (primary N) is 1. The summed E-state index contributed by atoms with van der Waals surface area (Å²) in [4.78, 5) is 16.6. The van der Waals surface area contributed by atoms with Crippen LogP contribution < -0.4 is 11.1 Å². The maximum Gasteiger partial charge on any atom is 0.275 e. The number of benzene rings is 1. The first-order valence-electron chi connectivity index (χ1n) is 7.28. The van der Waals surface area contributed by atoms with Gasteiger partial charge >= 0.3 is 0 Å². The zero-order valence-corrected chi connectivity index (χ0v) is 12.9. The van der Waals surface area contributed by atoms with Gasteiger partial charge < -0.3 is 11.1 Å².